The second-order valence-corrected chi connectivity index (χ2v) is 7.81. The molecule has 1 aromatic rings. The molecule has 0 aromatic heterocycles. The molecule has 0 bridgehead atoms. The van der Waals surface area contributed by atoms with Gasteiger partial charge in [-0.25, -0.2) is 8.42 Å². The van der Waals surface area contributed by atoms with Gasteiger partial charge in [-0.15, -0.1) is 0 Å². The first-order chi connectivity index (χ1) is 11.4. The third-order valence-corrected chi connectivity index (χ3v) is 5.42. The lowest BCUT2D eigenvalue weighted by atomic mass is 10.1. The molecule has 2 N–H and O–H groups in total. The van der Waals surface area contributed by atoms with Crippen molar-refractivity contribution in [2.45, 2.75) is 70.2 Å². The Morgan fingerprint density at radius 3 is 2.25 bits per heavy atom. The first-order valence-electron chi connectivity index (χ1n) is 8.77. The number of hydrogen-bond donors (Lipinski definition) is 2. The number of carbonyl (C=O) groups is 1. The van der Waals surface area contributed by atoms with Crippen LogP contribution in [0, 0.1) is 6.92 Å². The molecule has 0 saturated heterocycles. The van der Waals surface area contributed by atoms with Crippen LogP contribution >= 0.6 is 0 Å². The van der Waals surface area contributed by atoms with Crippen LogP contribution in [-0.4, -0.2) is 26.9 Å². The Morgan fingerprint density at radius 1 is 1.04 bits per heavy atom. The van der Waals surface area contributed by atoms with E-state index in [1.165, 1.54) is 19.3 Å². The highest BCUT2D eigenvalue weighted by atomic mass is 32.2. The molecule has 1 rings (SSSR count). The lowest BCUT2D eigenvalue weighted by molar-refractivity contribution is -0.122. The van der Waals surface area contributed by atoms with E-state index in [1.807, 2.05) is 6.92 Å². The van der Waals surface area contributed by atoms with E-state index in [4.69, 9.17) is 0 Å². The van der Waals surface area contributed by atoms with Crippen LogP contribution in [0.15, 0.2) is 29.2 Å². The molecule has 0 aliphatic heterocycles. The molecule has 6 heteroatoms. The Kier molecular flexibility index (Phi) is 9.00. The van der Waals surface area contributed by atoms with Crippen molar-refractivity contribution in [3.63, 3.8) is 0 Å². The van der Waals surface area contributed by atoms with E-state index in [0.717, 1.165) is 18.4 Å². The number of unbranched alkanes of at least 4 members (excludes halogenated alkanes) is 4. The SMILES string of the molecule is CCCCCCCNC(=O)[C@@H](CC)NS(=O)(=O)c1ccc(C)cc1. The quantitative estimate of drug-likeness (QED) is 0.600. The summed E-state index contributed by atoms with van der Waals surface area (Å²) in [5, 5.41) is 2.83. The summed E-state index contributed by atoms with van der Waals surface area (Å²) in [7, 11) is -3.69. The van der Waals surface area contributed by atoms with E-state index in [9.17, 15) is 13.2 Å². The highest BCUT2D eigenvalue weighted by Crippen LogP contribution is 2.11. The topological polar surface area (TPSA) is 75.3 Å². The molecule has 136 valence electrons. The molecule has 0 spiro atoms. The van der Waals surface area contributed by atoms with Gasteiger partial charge in [-0.05, 0) is 31.9 Å². The Labute approximate surface area is 146 Å². The third-order valence-electron chi connectivity index (χ3n) is 3.93. The van der Waals surface area contributed by atoms with E-state index >= 15 is 0 Å². The Balaban J connectivity index is 2.53. The zero-order chi connectivity index (χ0) is 18.0. The molecule has 0 radical (unpaired) electrons. The van der Waals surface area contributed by atoms with Crippen LogP contribution in [0.5, 0.6) is 0 Å². The standard InChI is InChI=1S/C18H30N2O3S/c1-4-6-7-8-9-14-19-18(21)17(5-2)20-24(22,23)16-12-10-15(3)11-13-16/h10-13,17,20H,4-9,14H2,1-3H3,(H,19,21)/t17-/m1/s1. The predicted molar refractivity (Wildman–Crippen MR) is 97.3 cm³/mol. The van der Waals surface area contributed by atoms with E-state index in [-0.39, 0.29) is 10.8 Å². The van der Waals surface area contributed by atoms with Gasteiger partial charge in [0.15, 0.2) is 0 Å². The van der Waals surface area contributed by atoms with Crippen LogP contribution in [0.25, 0.3) is 0 Å². The van der Waals surface area contributed by atoms with Crippen molar-refractivity contribution < 1.29 is 13.2 Å². The minimum atomic E-state index is -3.69. The molecule has 0 aliphatic carbocycles. The van der Waals surface area contributed by atoms with E-state index in [1.54, 1.807) is 31.2 Å². The molecule has 0 saturated carbocycles. The number of sulfonamides is 1. The van der Waals surface area contributed by atoms with Crippen LogP contribution < -0.4 is 10.0 Å². The van der Waals surface area contributed by atoms with Crippen LogP contribution in [0.1, 0.15) is 57.9 Å². The van der Waals surface area contributed by atoms with Crippen LogP contribution in [0.4, 0.5) is 0 Å². The Bertz CT molecular complexity index is 597. The predicted octanol–water partition coefficient (Wildman–Crippen LogP) is 3.14. The van der Waals surface area contributed by atoms with Crippen molar-refractivity contribution in [2.75, 3.05) is 6.54 Å². The van der Waals surface area contributed by atoms with Crippen molar-refractivity contribution in [3.8, 4) is 0 Å². The average molecular weight is 355 g/mol. The maximum absolute atomic E-state index is 12.4. The number of aryl methyl sites for hydroxylation is 1. The van der Waals surface area contributed by atoms with Crippen molar-refractivity contribution in [2.24, 2.45) is 0 Å². The average Bonchev–Trinajstić information content (AvgIpc) is 2.56. The summed E-state index contributed by atoms with van der Waals surface area (Å²) in [6.07, 6.45) is 5.98. The van der Waals surface area contributed by atoms with E-state index in [2.05, 4.69) is 17.0 Å². The zero-order valence-electron chi connectivity index (χ0n) is 15.0. The largest absolute Gasteiger partial charge is 0.355 e. The summed E-state index contributed by atoms with van der Waals surface area (Å²) in [5.41, 5.74) is 0.988. The monoisotopic (exact) mass is 354 g/mol. The molecule has 5 nitrogen and oxygen atoms in total. The lowest BCUT2D eigenvalue weighted by Crippen LogP contribution is -2.46. The molecule has 0 heterocycles. The molecule has 24 heavy (non-hydrogen) atoms. The summed E-state index contributed by atoms with van der Waals surface area (Å²) in [5.74, 6) is -0.260. The van der Waals surface area contributed by atoms with Gasteiger partial charge in [-0.3, -0.25) is 4.79 Å². The van der Waals surface area contributed by atoms with Crippen LogP contribution in [-0.2, 0) is 14.8 Å². The smallest absolute Gasteiger partial charge is 0.241 e. The fourth-order valence-corrected chi connectivity index (χ4v) is 3.64. The summed E-state index contributed by atoms with van der Waals surface area (Å²) in [6.45, 7) is 6.44. The van der Waals surface area contributed by atoms with Crippen LogP contribution in [0.3, 0.4) is 0 Å². The fraction of sp³-hybridized carbons (Fsp3) is 0.611. The number of rotatable bonds is 11. The molecule has 0 fully saturated rings. The van der Waals surface area contributed by atoms with Gasteiger partial charge in [0, 0.05) is 6.54 Å². The van der Waals surface area contributed by atoms with Gasteiger partial charge in [0.1, 0.15) is 6.04 Å². The minimum Gasteiger partial charge on any atom is -0.355 e. The number of carbonyl (C=O) groups excluding carboxylic acids is 1. The highest BCUT2D eigenvalue weighted by molar-refractivity contribution is 7.89. The number of amides is 1. The number of benzene rings is 1. The van der Waals surface area contributed by atoms with Gasteiger partial charge in [-0.2, -0.15) is 4.72 Å². The summed E-state index contributed by atoms with van der Waals surface area (Å²) >= 11 is 0. The first kappa shape index (κ1) is 20.6. The summed E-state index contributed by atoms with van der Waals surface area (Å²) < 4.78 is 27.2. The van der Waals surface area contributed by atoms with Gasteiger partial charge >= 0.3 is 0 Å². The van der Waals surface area contributed by atoms with E-state index < -0.39 is 16.1 Å². The van der Waals surface area contributed by atoms with Crippen molar-refractivity contribution in [1.29, 1.82) is 0 Å². The minimum absolute atomic E-state index is 0.180. The molecule has 1 amide bonds. The molecular formula is C18H30N2O3S. The number of hydrogen-bond acceptors (Lipinski definition) is 3. The van der Waals surface area contributed by atoms with Crippen molar-refractivity contribution in [1.82, 2.24) is 10.0 Å². The van der Waals surface area contributed by atoms with Crippen molar-refractivity contribution >= 4 is 15.9 Å². The third kappa shape index (κ3) is 7.01. The van der Waals surface area contributed by atoms with E-state index in [0.29, 0.717) is 13.0 Å². The van der Waals surface area contributed by atoms with Gasteiger partial charge in [0.25, 0.3) is 0 Å². The summed E-state index contributed by atoms with van der Waals surface area (Å²) in [4.78, 5) is 12.4. The van der Waals surface area contributed by atoms with Crippen molar-refractivity contribution in [3.05, 3.63) is 29.8 Å². The zero-order valence-corrected chi connectivity index (χ0v) is 15.8. The molecule has 0 unspecified atom stereocenters. The Morgan fingerprint density at radius 2 is 1.67 bits per heavy atom. The lowest BCUT2D eigenvalue weighted by Gasteiger charge is -2.17. The number of nitrogens with one attached hydrogen (secondary N) is 2. The molecule has 1 atom stereocenters. The van der Waals surface area contributed by atoms with Gasteiger partial charge < -0.3 is 5.32 Å². The van der Waals surface area contributed by atoms with Gasteiger partial charge in [-0.1, -0.05) is 57.2 Å². The normalized spacial score (nSPS) is 12.8. The first-order valence-corrected chi connectivity index (χ1v) is 10.3. The maximum Gasteiger partial charge on any atom is 0.241 e. The Hall–Kier alpha value is -1.40. The van der Waals surface area contributed by atoms with Gasteiger partial charge in [0.05, 0.1) is 4.90 Å². The molecule has 0 aliphatic rings. The molecular weight excluding hydrogens is 324 g/mol. The van der Waals surface area contributed by atoms with Crippen LogP contribution in [0.2, 0.25) is 0 Å². The second kappa shape index (κ2) is 10.5. The fourth-order valence-electron chi connectivity index (χ4n) is 2.36. The second-order valence-electron chi connectivity index (χ2n) is 6.10. The maximum atomic E-state index is 12.4. The molecule has 1 aromatic carbocycles. The van der Waals surface area contributed by atoms with Gasteiger partial charge in [0.2, 0.25) is 15.9 Å². The highest BCUT2D eigenvalue weighted by Gasteiger charge is 2.23. The summed E-state index contributed by atoms with van der Waals surface area (Å²) in [6, 6.07) is 5.84.